The van der Waals surface area contributed by atoms with Gasteiger partial charge in [-0.15, -0.1) is 0 Å². The molecule has 23 heavy (non-hydrogen) atoms. The zero-order valence-electron chi connectivity index (χ0n) is 14.3. The zero-order chi connectivity index (χ0) is 17.2. The largest absolute Gasteiger partial charge is 0.493 e. The number of fused-ring (bicyclic) bond motifs is 1. The molecular formula is C17H24NO5+. The summed E-state index contributed by atoms with van der Waals surface area (Å²) in [5.41, 5.74) is 0.769. The van der Waals surface area contributed by atoms with Crippen LogP contribution >= 0.6 is 0 Å². The van der Waals surface area contributed by atoms with E-state index in [0.29, 0.717) is 30.2 Å². The lowest BCUT2D eigenvalue weighted by molar-refractivity contribution is -0.945. The second-order valence-electron chi connectivity index (χ2n) is 6.08. The van der Waals surface area contributed by atoms with Crippen LogP contribution in [0.15, 0.2) is 12.1 Å². The molecule has 0 aliphatic carbocycles. The van der Waals surface area contributed by atoms with Crippen LogP contribution in [0.2, 0.25) is 0 Å². The number of hydrogen-bond acceptors (Lipinski definition) is 5. The monoisotopic (exact) mass is 322 g/mol. The first-order valence-corrected chi connectivity index (χ1v) is 7.65. The predicted molar refractivity (Wildman–Crippen MR) is 84.1 cm³/mol. The topological polar surface area (TPSA) is 66.3 Å². The number of carbonyl (C=O) groups is 2. The van der Waals surface area contributed by atoms with Crippen LogP contribution in [-0.2, 0) is 16.1 Å². The van der Waals surface area contributed by atoms with E-state index in [-0.39, 0.29) is 18.3 Å². The van der Waals surface area contributed by atoms with Crippen LogP contribution in [0.3, 0.4) is 0 Å². The first kappa shape index (κ1) is 17.3. The standard InChI is InChI=1S/C17H23NO5/c1-6-23-15(19)10-18-9-11-7-13(21-4)14(22-5)8-12(11)16(20)17(18,2)3/h7-8H,6,9-10H2,1-5H3/p+1. The highest BCUT2D eigenvalue weighted by Gasteiger charge is 2.45. The number of carbonyl (C=O) groups excluding carboxylic acids is 2. The van der Waals surface area contributed by atoms with Crippen molar-refractivity contribution in [3.05, 3.63) is 23.3 Å². The summed E-state index contributed by atoms with van der Waals surface area (Å²) in [6.45, 7) is 6.51. The number of hydrogen-bond donors (Lipinski definition) is 1. The average molecular weight is 322 g/mol. The van der Waals surface area contributed by atoms with E-state index in [0.717, 1.165) is 10.5 Å². The second kappa shape index (κ2) is 6.58. The van der Waals surface area contributed by atoms with Crippen LogP contribution in [0.5, 0.6) is 11.5 Å². The molecule has 1 aromatic rings. The fourth-order valence-electron chi connectivity index (χ4n) is 2.90. The van der Waals surface area contributed by atoms with Gasteiger partial charge < -0.3 is 19.1 Å². The van der Waals surface area contributed by atoms with Gasteiger partial charge in [-0.3, -0.25) is 4.79 Å². The molecule has 0 fully saturated rings. The van der Waals surface area contributed by atoms with Crippen LogP contribution < -0.4 is 14.4 Å². The fraction of sp³-hybridized carbons (Fsp3) is 0.529. The molecule has 6 nitrogen and oxygen atoms in total. The third-order valence-corrected chi connectivity index (χ3v) is 4.37. The van der Waals surface area contributed by atoms with E-state index in [2.05, 4.69) is 0 Å². The molecule has 1 N–H and O–H groups in total. The van der Waals surface area contributed by atoms with Crippen molar-refractivity contribution in [3.8, 4) is 11.5 Å². The molecule has 1 aromatic carbocycles. The Morgan fingerprint density at radius 1 is 1.22 bits per heavy atom. The van der Waals surface area contributed by atoms with Crippen LogP contribution in [0, 0.1) is 0 Å². The molecule has 0 saturated heterocycles. The number of Topliss-reactive ketones (excluding diaryl/α,β-unsaturated/α-hetero) is 1. The molecule has 0 aromatic heterocycles. The van der Waals surface area contributed by atoms with Gasteiger partial charge in [0.1, 0.15) is 6.54 Å². The highest BCUT2D eigenvalue weighted by molar-refractivity contribution is 6.04. The minimum atomic E-state index is -0.709. The van der Waals surface area contributed by atoms with Crippen LogP contribution in [0.25, 0.3) is 0 Å². The lowest BCUT2D eigenvalue weighted by Crippen LogP contribution is -3.21. The molecule has 1 aliphatic heterocycles. The number of ketones is 1. The lowest BCUT2D eigenvalue weighted by Gasteiger charge is -2.38. The number of nitrogens with one attached hydrogen (secondary N) is 1. The summed E-state index contributed by atoms with van der Waals surface area (Å²) in [4.78, 5) is 25.6. The normalized spacial score (nSPS) is 19.0. The molecular weight excluding hydrogens is 298 g/mol. The Morgan fingerprint density at radius 3 is 2.39 bits per heavy atom. The van der Waals surface area contributed by atoms with Crippen molar-refractivity contribution in [2.75, 3.05) is 27.4 Å². The number of methoxy groups -OCH3 is 2. The number of ether oxygens (including phenoxy) is 3. The van der Waals surface area contributed by atoms with Crippen molar-refractivity contribution in [3.63, 3.8) is 0 Å². The van der Waals surface area contributed by atoms with Gasteiger partial charge in [0.2, 0.25) is 5.78 Å². The Labute approximate surface area is 136 Å². The third kappa shape index (κ3) is 3.17. The zero-order valence-corrected chi connectivity index (χ0v) is 14.3. The van der Waals surface area contributed by atoms with E-state index >= 15 is 0 Å². The molecule has 0 saturated carbocycles. The van der Waals surface area contributed by atoms with Gasteiger partial charge in [0.15, 0.2) is 23.6 Å². The first-order chi connectivity index (χ1) is 10.8. The Balaban J connectivity index is 2.40. The molecule has 0 amide bonds. The van der Waals surface area contributed by atoms with Gasteiger partial charge in [-0.05, 0) is 32.9 Å². The summed E-state index contributed by atoms with van der Waals surface area (Å²) in [6, 6.07) is 3.53. The van der Waals surface area contributed by atoms with Crippen molar-refractivity contribution in [2.24, 2.45) is 0 Å². The quantitative estimate of drug-likeness (QED) is 0.806. The fourth-order valence-corrected chi connectivity index (χ4v) is 2.90. The minimum Gasteiger partial charge on any atom is -0.493 e. The van der Waals surface area contributed by atoms with E-state index in [1.807, 2.05) is 19.9 Å². The van der Waals surface area contributed by atoms with Gasteiger partial charge in [-0.2, -0.15) is 0 Å². The van der Waals surface area contributed by atoms with Crippen LogP contribution in [0.4, 0.5) is 0 Å². The van der Waals surface area contributed by atoms with Crippen molar-refractivity contribution in [2.45, 2.75) is 32.9 Å². The Morgan fingerprint density at radius 2 is 1.83 bits per heavy atom. The lowest BCUT2D eigenvalue weighted by atomic mass is 9.84. The van der Waals surface area contributed by atoms with E-state index in [4.69, 9.17) is 14.2 Å². The highest BCUT2D eigenvalue weighted by Crippen LogP contribution is 2.33. The number of quaternary nitrogens is 1. The van der Waals surface area contributed by atoms with Gasteiger partial charge in [0, 0.05) is 11.1 Å². The van der Waals surface area contributed by atoms with Gasteiger partial charge >= 0.3 is 5.97 Å². The predicted octanol–water partition coefficient (Wildman–Crippen LogP) is 0.627. The number of esters is 1. The van der Waals surface area contributed by atoms with Gasteiger partial charge in [-0.1, -0.05) is 0 Å². The Hall–Kier alpha value is -2.08. The molecule has 2 rings (SSSR count). The van der Waals surface area contributed by atoms with Crippen molar-refractivity contribution in [1.82, 2.24) is 0 Å². The molecule has 0 spiro atoms. The summed E-state index contributed by atoms with van der Waals surface area (Å²) in [6.07, 6.45) is 0. The minimum absolute atomic E-state index is 0.0148. The van der Waals surface area contributed by atoms with Crippen molar-refractivity contribution in [1.29, 1.82) is 0 Å². The number of benzene rings is 1. The molecule has 1 heterocycles. The van der Waals surface area contributed by atoms with E-state index < -0.39 is 5.54 Å². The number of rotatable bonds is 5. The molecule has 6 heteroatoms. The Bertz CT molecular complexity index is 624. The smallest absolute Gasteiger partial charge is 0.361 e. The van der Waals surface area contributed by atoms with Crippen molar-refractivity contribution >= 4 is 11.8 Å². The summed E-state index contributed by atoms with van der Waals surface area (Å²) in [5.74, 6) is 0.796. The van der Waals surface area contributed by atoms with Crippen LogP contribution in [-0.4, -0.2) is 44.7 Å². The molecule has 0 bridgehead atoms. The van der Waals surface area contributed by atoms with E-state index in [1.54, 1.807) is 27.2 Å². The molecule has 1 aliphatic rings. The van der Waals surface area contributed by atoms with E-state index in [9.17, 15) is 9.59 Å². The SMILES string of the molecule is CCOC(=O)C[NH+]1Cc2cc(OC)c(OC)cc2C(=O)C1(C)C. The second-order valence-corrected chi connectivity index (χ2v) is 6.08. The maximum absolute atomic E-state index is 12.9. The molecule has 126 valence electrons. The highest BCUT2D eigenvalue weighted by atomic mass is 16.5. The van der Waals surface area contributed by atoms with Gasteiger partial charge in [0.05, 0.1) is 20.8 Å². The average Bonchev–Trinajstić information content (AvgIpc) is 2.52. The maximum Gasteiger partial charge on any atom is 0.361 e. The third-order valence-electron chi connectivity index (χ3n) is 4.37. The van der Waals surface area contributed by atoms with Gasteiger partial charge in [0.25, 0.3) is 0 Å². The molecule has 1 atom stereocenters. The maximum atomic E-state index is 12.9. The summed E-state index contributed by atoms with van der Waals surface area (Å²) < 4.78 is 15.6. The van der Waals surface area contributed by atoms with E-state index in [1.165, 1.54) is 0 Å². The van der Waals surface area contributed by atoms with Gasteiger partial charge in [-0.25, -0.2) is 4.79 Å². The summed E-state index contributed by atoms with van der Waals surface area (Å²) >= 11 is 0. The van der Waals surface area contributed by atoms with Crippen LogP contribution in [0.1, 0.15) is 36.7 Å². The summed E-state index contributed by atoms with van der Waals surface area (Å²) in [5, 5.41) is 0. The first-order valence-electron chi connectivity index (χ1n) is 7.65. The molecule has 1 unspecified atom stereocenters. The molecule has 0 radical (unpaired) electrons. The Kier molecular flexibility index (Phi) is 4.94. The van der Waals surface area contributed by atoms with Crippen molar-refractivity contribution < 1.29 is 28.7 Å². The summed E-state index contributed by atoms with van der Waals surface area (Å²) in [7, 11) is 3.10.